The van der Waals surface area contributed by atoms with E-state index in [1.807, 2.05) is 0 Å². The van der Waals surface area contributed by atoms with Crippen LogP contribution in [0, 0.1) is 23.7 Å². The Bertz CT molecular complexity index is 268. The number of fused-ring (bicyclic) bond motifs is 5. The lowest BCUT2D eigenvalue weighted by Crippen LogP contribution is -2.54. The van der Waals surface area contributed by atoms with Crippen molar-refractivity contribution in [2.24, 2.45) is 29.4 Å². The first-order valence-corrected chi connectivity index (χ1v) is 6.79. The van der Waals surface area contributed by atoms with Crippen LogP contribution in [0.1, 0.15) is 38.5 Å². The van der Waals surface area contributed by atoms with Crippen LogP contribution >= 0.6 is 0 Å². The standard InChI is InChI=1S/C13H22N2/c14-13(4-1-5-13)7-15-12-10-8-2-3-9(6-8)11(10)12/h8-12,15H,1-7,14H2. The van der Waals surface area contributed by atoms with E-state index in [4.69, 9.17) is 5.73 Å². The van der Waals surface area contributed by atoms with Crippen LogP contribution in [0.2, 0.25) is 0 Å². The number of hydrogen-bond acceptors (Lipinski definition) is 2. The minimum Gasteiger partial charge on any atom is -0.324 e. The molecule has 0 saturated heterocycles. The van der Waals surface area contributed by atoms with E-state index in [9.17, 15) is 0 Å². The van der Waals surface area contributed by atoms with E-state index in [1.54, 1.807) is 6.42 Å². The highest BCUT2D eigenvalue weighted by atomic mass is 15.1. The molecule has 0 amide bonds. The second-order valence-corrected chi connectivity index (χ2v) is 6.61. The van der Waals surface area contributed by atoms with Gasteiger partial charge in [0.25, 0.3) is 0 Å². The SMILES string of the molecule is NC1(CNC2C3C4CCC(C4)C23)CCC1. The van der Waals surface area contributed by atoms with Gasteiger partial charge >= 0.3 is 0 Å². The third kappa shape index (κ3) is 1.18. The maximum atomic E-state index is 6.25. The normalized spacial score (nSPS) is 53.8. The van der Waals surface area contributed by atoms with Crippen LogP contribution in [-0.2, 0) is 0 Å². The molecule has 3 N–H and O–H groups in total. The summed E-state index contributed by atoms with van der Waals surface area (Å²) in [5.74, 6) is 4.31. The van der Waals surface area contributed by atoms with Gasteiger partial charge in [0.1, 0.15) is 0 Å². The Morgan fingerprint density at radius 1 is 1.13 bits per heavy atom. The van der Waals surface area contributed by atoms with E-state index in [0.29, 0.717) is 0 Å². The number of nitrogens with one attached hydrogen (secondary N) is 1. The highest BCUT2D eigenvalue weighted by molar-refractivity contribution is 5.17. The van der Waals surface area contributed by atoms with Crippen molar-refractivity contribution >= 4 is 0 Å². The van der Waals surface area contributed by atoms with Gasteiger partial charge in [-0.1, -0.05) is 0 Å². The van der Waals surface area contributed by atoms with Gasteiger partial charge in [0, 0.05) is 18.1 Å². The molecule has 0 aromatic heterocycles. The van der Waals surface area contributed by atoms with Crippen molar-refractivity contribution in [3.05, 3.63) is 0 Å². The summed E-state index contributed by atoms with van der Waals surface area (Å²) >= 11 is 0. The molecule has 4 aliphatic rings. The third-order valence-corrected chi connectivity index (χ3v) is 5.77. The molecule has 2 heteroatoms. The van der Waals surface area contributed by atoms with Crippen LogP contribution in [0.5, 0.6) is 0 Å². The first-order valence-electron chi connectivity index (χ1n) is 6.79. The first kappa shape index (κ1) is 9.00. The van der Waals surface area contributed by atoms with E-state index in [1.165, 1.54) is 32.1 Å². The minimum absolute atomic E-state index is 0.177. The molecular formula is C13H22N2. The lowest BCUT2D eigenvalue weighted by molar-refractivity contribution is 0.233. The van der Waals surface area contributed by atoms with Crippen molar-refractivity contribution in [1.29, 1.82) is 0 Å². The monoisotopic (exact) mass is 206 g/mol. The Balaban J connectivity index is 1.35. The molecule has 4 saturated carbocycles. The summed E-state index contributed by atoms with van der Waals surface area (Å²) in [6.07, 6.45) is 8.45. The molecule has 4 aliphatic carbocycles. The average molecular weight is 206 g/mol. The molecule has 4 atom stereocenters. The fourth-order valence-electron chi connectivity index (χ4n) is 4.73. The molecule has 0 radical (unpaired) electrons. The van der Waals surface area contributed by atoms with E-state index < -0.39 is 0 Å². The number of rotatable bonds is 3. The van der Waals surface area contributed by atoms with Gasteiger partial charge in [-0.25, -0.2) is 0 Å². The van der Waals surface area contributed by atoms with Crippen molar-refractivity contribution in [3.63, 3.8) is 0 Å². The zero-order valence-electron chi connectivity index (χ0n) is 9.41. The quantitative estimate of drug-likeness (QED) is 0.734. The molecule has 0 aromatic carbocycles. The Morgan fingerprint density at radius 2 is 1.80 bits per heavy atom. The summed E-state index contributed by atoms with van der Waals surface area (Å²) in [5.41, 5.74) is 6.43. The van der Waals surface area contributed by atoms with Crippen LogP contribution in [0.25, 0.3) is 0 Å². The predicted octanol–water partition coefficient (Wildman–Crippen LogP) is 1.50. The third-order valence-electron chi connectivity index (χ3n) is 5.77. The Kier molecular flexibility index (Phi) is 1.67. The summed E-state index contributed by atoms with van der Waals surface area (Å²) in [5, 5.41) is 3.78. The van der Waals surface area contributed by atoms with Crippen molar-refractivity contribution in [2.45, 2.75) is 50.1 Å². The van der Waals surface area contributed by atoms with E-state index in [2.05, 4.69) is 5.32 Å². The molecule has 0 spiro atoms. The average Bonchev–Trinajstić information content (AvgIpc) is 2.59. The molecule has 4 fully saturated rings. The largest absolute Gasteiger partial charge is 0.324 e. The highest BCUT2D eigenvalue weighted by Gasteiger charge is 2.64. The van der Waals surface area contributed by atoms with Gasteiger partial charge in [-0.05, 0) is 62.2 Å². The molecule has 15 heavy (non-hydrogen) atoms. The lowest BCUT2D eigenvalue weighted by atomic mass is 9.77. The second kappa shape index (κ2) is 2.78. The maximum Gasteiger partial charge on any atom is 0.0280 e. The van der Waals surface area contributed by atoms with Crippen LogP contribution in [0.3, 0.4) is 0 Å². The Labute approximate surface area is 92.0 Å². The summed E-state index contributed by atoms with van der Waals surface area (Å²) in [4.78, 5) is 0. The lowest BCUT2D eigenvalue weighted by Gasteiger charge is -2.38. The second-order valence-electron chi connectivity index (χ2n) is 6.61. The van der Waals surface area contributed by atoms with Crippen molar-refractivity contribution in [2.75, 3.05) is 6.54 Å². The maximum absolute atomic E-state index is 6.25. The van der Waals surface area contributed by atoms with Crippen molar-refractivity contribution in [3.8, 4) is 0 Å². The molecule has 0 aromatic rings. The Morgan fingerprint density at radius 3 is 2.33 bits per heavy atom. The van der Waals surface area contributed by atoms with Crippen LogP contribution < -0.4 is 11.1 Å². The van der Waals surface area contributed by atoms with Crippen LogP contribution in [0.15, 0.2) is 0 Å². The fourth-order valence-corrected chi connectivity index (χ4v) is 4.73. The zero-order chi connectivity index (χ0) is 10.0. The van der Waals surface area contributed by atoms with Gasteiger partial charge in [0.2, 0.25) is 0 Å². The number of hydrogen-bond donors (Lipinski definition) is 2. The summed E-state index contributed by atoms with van der Waals surface area (Å²) in [6.45, 7) is 1.09. The zero-order valence-corrected chi connectivity index (χ0v) is 9.41. The Hall–Kier alpha value is -0.0800. The van der Waals surface area contributed by atoms with Gasteiger partial charge in [-0.15, -0.1) is 0 Å². The van der Waals surface area contributed by atoms with Gasteiger partial charge < -0.3 is 11.1 Å². The molecule has 0 heterocycles. The van der Waals surface area contributed by atoms with Gasteiger partial charge in [-0.2, -0.15) is 0 Å². The summed E-state index contributed by atoms with van der Waals surface area (Å²) in [7, 11) is 0. The van der Waals surface area contributed by atoms with Crippen molar-refractivity contribution in [1.82, 2.24) is 5.32 Å². The molecule has 2 nitrogen and oxygen atoms in total. The minimum atomic E-state index is 0.177. The van der Waals surface area contributed by atoms with E-state index in [0.717, 1.165) is 36.3 Å². The molecule has 2 bridgehead atoms. The van der Waals surface area contributed by atoms with Gasteiger partial charge in [0.05, 0.1) is 0 Å². The molecular weight excluding hydrogens is 184 g/mol. The summed E-state index contributed by atoms with van der Waals surface area (Å²) < 4.78 is 0. The molecule has 0 aliphatic heterocycles. The fraction of sp³-hybridized carbons (Fsp3) is 1.00. The topological polar surface area (TPSA) is 38.0 Å². The number of nitrogens with two attached hydrogens (primary N) is 1. The first-order chi connectivity index (χ1) is 7.27. The van der Waals surface area contributed by atoms with E-state index in [-0.39, 0.29) is 5.54 Å². The van der Waals surface area contributed by atoms with Crippen LogP contribution in [-0.4, -0.2) is 18.1 Å². The molecule has 4 rings (SSSR count). The molecule has 84 valence electrons. The van der Waals surface area contributed by atoms with Crippen LogP contribution in [0.4, 0.5) is 0 Å². The highest BCUT2D eigenvalue weighted by Crippen LogP contribution is 2.65. The van der Waals surface area contributed by atoms with Gasteiger partial charge in [0.15, 0.2) is 0 Å². The van der Waals surface area contributed by atoms with Gasteiger partial charge in [-0.3, -0.25) is 0 Å². The predicted molar refractivity (Wildman–Crippen MR) is 60.4 cm³/mol. The van der Waals surface area contributed by atoms with Crippen molar-refractivity contribution < 1.29 is 0 Å². The molecule has 4 unspecified atom stereocenters. The summed E-state index contributed by atoms with van der Waals surface area (Å²) in [6, 6.07) is 0.872. The van der Waals surface area contributed by atoms with E-state index >= 15 is 0 Å². The smallest absolute Gasteiger partial charge is 0.0280 e.